The van der Waals surface area contributed by atoms with Gasteiger partial charge in [0.15, 0.2) is 5.82 Å². The lowest BCUT2D eigenvalue weighted by Gasteiger charge is -2.29. The number of nitrogens with one attached hydrogen (secondary N) is 1. The number of aromatic amines is 1. The monoisotopic (exact) mass is 475 g/mol. The number of hydrogen-bond acceptors (Lipinski definition) is 5. The van der Waals surface area contributed by atoms with Crippen molar-refractivity contribution in [1.29, 1.82) is 0 Å². The van der Waals surface area contributed by atoms with E-state index in [1.54, 1.807) is 42.4 Å². The number of alkyl halides is 3. The van der Waals surface area contributed by atoms with Crippen LogP contribution in [0.1, 0.15) is 5.56 Å². The summed E-state index contributed by atoms with van der Waals surface area (Å²) in [6.45, 7) is 1.36. The van der Waals surface area contributed by atoms with Gasteiger partial charge in [-0.15, -0.1) is 0 Å². The Morgan fingerprint density at radius 3 is 2.56 bits per heavy atom. The minimum atomic E-state index is -4.44. The number of pyridine rings is 2. The standard InChI is InChI=1S/C22H17ClF3N5S/c23-15-2-1-5-27-19(15)13-3-4-16(28-12-13)21-29-17-10-14(22(24,25)26)11-18(20(17)30-21)31-6-8-32-9-7-31/h1-5,10-12H,6-9H2,(H,29,30). The van der Waals surface area contributed by atoms with Crippen molar-refractivity contribution < 1.29 is 13.2 Å². The largest absolute Gasteiger partial charge is 0.416 e. The van der Waals surface area contributed by atoms with Gasteiger partial charge in [0.25, 0.3) is 0 Å². The fourth-order valence-corrected chi connectivity index (χ4v) is 4.84. The molecule has 0 spiro atoms. The van der Waals surface area contributed by atoms with Crippen LogP contribution in [0.25, 0.3) is 33.8 Å². The molecule has 1 aliphatic heterocycles. The first-order valence-electron chi connectivity index (χ1n) is 9.91. The molecule has 4 heterocycles. The number of fused-ring (bicyclic) bond motifs is 1. The summed E-state index contributed by atoms with van der Waals surface area (Å²) in [5, 5.41) is 0.509. The van der Waals surface area contributed by atoms with E-state index in [9.17, 15) is 13.2 Å². The third kappa shape index (κ3) is 4.02. The zero-order valence-corrected chi connectivity index (χ0v) is 18.2. The lowest BCUT2D eigenvalue weighted by atomic mass is 10.1. The van der Waals surface area contributed by atoms with Gasteiger partial charge in [-0.25, -0.2) is 4.98 Å². The Balaban J connectivity index is 1.57. The number of halogens is 4. The Morgan fingerprint density at radius 2 is 1.88 bits per heavy atom. The van der Waals surface area contributed by atoms with Crippen molar-refractivity contribution in [2.24, 2.45) is 0 Å². The molecule has 1 aliphatic rings. The molecule has 1 saturated heterocycles. The van der Waals surface area contributed by atoms with Crippen molar-refractivity contribution in [1.82, 2.24) is 19.9 Å². The van der Waals surface area contributed by atoms with Gasteiger partial charge in [-0.2, -0.15) is 24.9 Å². The second-order valence-corrected chi connectivity index (χ2v) is 8.97. The lowest BCUT2D eigenvalue weighted by Crippen LogP contribution is -2.32. The Morgan fingerprint density at radius 1 is 1.06 bits per heavy atom. The van der Waals surface area contributed by atoms with Crippen LogP contribution in [-0.4, -0.2) is 44.5 Å². The Bertz CT molecular complexity index is 1270. The van der Waals surface area contributed by atoms with E-state index in [0.29, 0.717) is 52.0 Å². The van der Waals surface area contributed by atoms with Crippen molar-refractivity contribution >= 4 is 40.1 Å². The van der Waals surface area contributed by atoms with E-state index in [0.717, 1.165) is 23.1 Å². The molecule has 1 aromatic carbocycles. The summed E-state index contributed by atoms with van der Waals surface area (Å²) in [4.78, 5) is 18.3. The van der Waals surface area contributed by atoms with Gasteiger partial charge in [-0.3, -0.25) is 9.97 Å². The molecule has 0 saturated carbocycles. The highest BCUT2D eigenvalue weighted by Gasteiger charge is 2.33. The van der Waals surface area contributed by atoms with Crippen LogP contribution < -0.4 is 4.90 Å². The van der Waals surface area contributed by atoms with Gasteiger partial charge < -0.3 is 9.88 Å². The van der Waals surface area contributed by atoms with Gasteiger partial charge in [0.1, 0.15) is 11.2 Å². The van der Waals surface area contributed by atoms with E-state index < -0.39 is 11.7 Å². The molecule has 1 N–H and O–H groups in total. The molecule has 5 nitrogen and oxygen atoms in total. The van der Waals surface area contributed by atoms with Gasteiger partial charge in [0.05, 0.1) is 27.5 Å². The molecule has 0 atom stereocenters. The number of rotatable bonds is 3. The number of anilines is 1. The van der Waals surface area contributed by atoms with Crippen molar-refractivity contribution in [3.8, 4) is 22.8 Å². The molecule has 10 heteroatoms. The first-order valence-corrected chi connectivity index (χ1v) is 11.4. The number of thioether (sulfide) groups is 1. The third-order valence-corrected chi connectivity index (χ3v) is 6.53. The lowest BCUT2D eigenvalue weighted by molar-refractivity contribution is -0.137. The van der Waals surface area contributed by atoms with Gasteiger partial charge in [0.2, 0.25) is 0 Å². The van der Waals surface area contributed by atoms with Gasteiger partial charge in [0, 0.05) is 42.6 Å². The SMILES string of the molecule is FC(F)(F)c1cc(N2CCSCC2)c2nc(-c3ccc(-c4ncccc4Cl)cn3)[nH]c2c1. The van der Waals surface area contributed by atoms with Crippen LogP contribution in [0.2, 0.25) is 5.02 Å². The Labute approximate surface area is 191 Å². The average Bonchev–Trinajstić information content (AvgIpc) is 3.23. The number of hydrogen-bond donors (Lipinski definition) is 1. The van der Waals surface area contributed by atoms with Crippen molar-refractivity contribution in [3.05, 3.63) is 59.4 Å². The van der Waals surface area contributed by atoms with Gasteiger partial charge >= 0.3 is 6.18 Å². The van der Waals surface area contributed by atoms with E-state index in [1.807, 2.05) is 11.0 Å². The fourth-order valence-electron chi connectivity index (χ4n) is 3.70. The summed E-state index contributed by atoms with van der Waals surface area (Å²) >= 11 is 8.00. The molecular formula is C22H17ClF3N5S. The van der Waals surface area contributed by atoms with Crippen LogP contribution in [0.5, 0.6) is 0 Å². The van der Waals surface area contributed by atoms with E-state index in [1.165, 1.54) is 6.07 Å². The van der Waals surface area contributed by atoms with E-state index in [-0.39, 0.29) is 0 Å². The number of nitrogens with zero attached hydrogens (tertiary/aromatic N) is 4. The average molecular weight is 476 g/mol. The van der Waals surface area contributed by atoms with Gasteiger partial charge in [-0.05, 0) is 36.4 Å². The normalized spacial score (nSPS) is 14.8. The van der Waals surface area contributed by atoms with Crippen LogP contribution in [0.15, 0.2) is 48.8 Å². The van der Waals surface area contributed by atoms with Gasteiger partial charge in [-0.1, -0.05) is 11.6 Å². The maximum Gasteiger partial charge on any atom is 0.416 e. The molecule has 1 fully saturated rings. The number of H-pyrrole nitrogens is 1. The fraction of sp³-hybridized carbons (Fsp3) is 0.227. The van der Waals surface area contributed by atoms with Crippen LogP contribution in [0, 0.1) is 0 Å². The second kappa shape index (κ2) is 8.29. The molecule has 3 aromatic heterocycles. The van der Waals surface area contributed by atoms with Crippen molar-refractivity contribution in [3.63, 3.8) is 0 Å². The summed E-state index contributed by atoms with van der Waals surface area (Å²) in [7, 11) is 0. The molecule has 0 unspecified atom stereocenters. The number of aromatic nitrogens is 4. The minimum absolute atomic E-state index is 0.335. The molecule has 0 amide bonds. The molecular weight excluding hydrogens is 459 g/mol. The molecule has 32 heavy (non-hydrogen) atoms. The Kier molecular flexibility index (Phi) is 5.46. The smallest absolute Gasteiger partial charge is 0.368 e. The maximum absolute atomic E-state index is 13.5. The topological polar surface area (TPSA) is 57.7 Å². The van der Waals surface area contributed by atoms with Crippen LogP contribution in [-0.2, 0) is 6.18 Å². The zero-order chi connectivity index (χ0) is 22.3. The summed E-state index contributed by atoms with van der Waals surface area (Å²) in [6.07, 6.45) is -1.17. The first kappa shape index (κ1) is 21.1. The molecule has 0 aliphatic carbocycles. The highest BCUT2D eigenvalue weighted by atomic mass is 35.5. The Hall–Kier alpha value is -2.78. The first-order chi connectivity index (χ1) is 15.4. The van der Waals surface area contributed by atoms with Crippen molar-refractivity contribution in [2.45, 2.75) is 6.18 Å². The summed E-state index contributed by atoms with van der Waals surface area (Å²) in [6, 6.07) is 9.36. The molecule has 164 valence electrons. The van der Waals surface area contributed by atoms with E-state index in [2.05, 4.69) is 19.9 Å². The van der Waals surface area contributed by atoms with Crippen molar-refractivity contribution in [2.75, 3.05) is 29.5 Å². The maximum atomic E-state index is 13.5. The third-order valence-electron chi connectivity index (χ3n) is 5.28. The zero-order valence-electron chi connectivity index (χ0n) is 16.7. The molecule has 0 bridgehead atoms. The van der Waals surface area contributed by atoms with E-state index >= 15 is 0 Å². The molecule has 0 radical (unpaired) electrons. The highest BCUT2D eigenvalue weighted by Crippen LogP contribution is 2.37. The summed E-state index contributed by atoms with van der Waals surface area (Å²) in [5.74, 6) is 2.15. The molecule has 5 rings (SSSR count). The van der Waals surface area contributed by atoms with Crippen LogP contribution in [0.4, 0.5) is 18.9 Å². The molecule has 4 aromatic rings. The predicted octanol–water partition coefficient (Wildman–Crippen LogP) is 5.91. The highest BCUT2D eigenvalue weighted by molar-refractivity contribution is 7.99. The van der Waals surface area contributed by atoms with Crippen LogP contribution in [0.3, 0.4) is 0 Å². The number of imidazole rings is 1. The minimum Gasteiger partial charge on any atom is -0.368 e. The summed E-state index contributed by atoms with van der Waals surface area (Å²) < 4.78 is 40.6. The predicted molar refractivity (Wildman–Crippen MR) is 122 cm³/mol. The quantitative estimate of drug-likeness (QED) is 0.399. The van der Waals surface area contributed by atoms with Crippen LogP contribution >= 0.6 is 23.4 Å². The number of benzene rings is 1. The summed E-state index contributed by atoms with van der Waals surface area (Å²) in [5.41, 5.74) is 2.52. The van der Waals surface area contributed by atoms with E-state index in [4.69, 9.17) is 11.6 Å². The second-order valence-electron chi connectivity index (χ2n) is 7.34.